The molecular formula is C30H44O9. The van der Waals surface area contributed by atoms with Crippen molar-refractivity contribution in [2.75, 3.05) is 13.7 Å². The normalized spacial score (nSPS) is 53.3. The first-order valence-corrected chi connectivity index (χ1v) is 14.8. The summed E-state index contributed by atoms with van der Waals surface area (Å²) in [5.74, 6) is 0.152. The Morgan fingerprint density at radius 1 is 1.05 bits per heavy atom. The van der Waals surface area contributed by atoms with Crippen molar-refractivity contribution in [3.8, 4) is 0 Å². The molecular weight excluding hydrogens is 504 g/mol. The quantitative estimate of drug-likeness (QED) is 0.269. The molecule has 9 nitrogen and oxygen atoms in total. The van der Waals surface area contributed by atoms with Gasteiger partial charge >= 0.3 is 5.97 Å². The minimum atomic E-state index is -1.11. The summed E-state index contributed by atoms with van der Waals surface area (Å²) >= 11 is 0. The van der Waals surface area contributed by atoms with Gasteiger partial charge in [-0.05, 0) is 94.0 Å². The van der Waals surface area contributed by atoms with Crippen LogP contribution in [-0.4, -0.2) is 83.7 Å². The Balaban J connectivity index is 1.18. The molecule has 0 radical (unpaired) electrons. The lowest BCUT2D eigenvalue weighted by atomic mass is 9.43. The fourth-order valence-electron chi connectivity index (χ4n) is 10.00. The summed E-state index contributed by atoms with van der Waals surface area (Å²) in [5, 5.41) is 33.4. The van der Waals surface area contributed by atoms with E-state index in [-0.39, 0.29) is 41.2 Å². The van der Waals surface area contributed by atoms with Crippen molar-refractivity contribution in [3.63, 3.8) is 0 Å². The Labute approximate surface area is 230 Å². The predicted octanol–water partition coefficient (Wildman–Crippen LogP) is 2.29. The Kier molecular flexibility index (Phi) is 7.04. The Morgan fingerprint density at radius 2 is 1.85 bits per heavy atom. The van der Waals surface area contributed by atoms with Gasteiger partial charge in [0.25, 0.3) is 0 Å². The van der Waals surface area contributed by atoms with Crippen LogP contribution in [0.4, 0.5) is 0 Å². The number of aldehydes is 1. The summed E-state index contributed by atoms with van der Waals surface area (Å²) in [5.41, 5.74) is -0.682. The lowest BCUT2D eigenvalue weighted by molar-refractivity contribution is -0.312. The maximum atomic E-state index is 13.0. The first-order valence-electron chi connectivity index (χ1n) is 14.8. The van der Waals surface area contributed by atoms with Crippen LogP contribution >= 0.6 is 0 Å². The molecule has 3 N–H and O–H groups in total. The summed E-state index contributed by atoms with van der Waals surface area (Å²) < 4.78 is 22.6. The molecule has 0 amide bonds. The van der Waals surface area contributed by atoms with E-state index >= 15 is 0 Å². The van der Waals surface area contributed by atoms with Gasteiger partial charge in [-0.2, -0.15) is 0 Å². The molecule has 2 aliphatic heterocycles. The van der Waals surface area contributed by atoms with E-state index in [0.29, 0.717) is 32.3 Å². The predicted molar refractivity (Wildman–Crippen MR) is 138 cm³/mol. The highest BCUT2D eigenvalue weighted by Crippen LogP contribution is 2.69. The first kappa shape index (κ1) is 27.8. The third kappa shape index (κ3) is 4.02. The number of carbonyl (C=O) groups excluding carboxylic acids is 2. The molecule has 0 aromatic heterocycles. The van der Waals surface area contributed by atoms with Crippen LogP contribution in [-0.2, 0) is 28.5 Å². The molecule has 4 saturated carbocycles. The number of fused-ring (bicyclic) bond motifs is 5. The van der Waals surface area contributed by atoms with Gasteiger partial charge in [-0.15, -0.1) is 0 Å². The van der Waals surface area contributed by atoms with Crippen molar-refractivity contribution in [1.82, 2.24) is 0 Å². The maximum Gasteiger partial charge on any atom is 0.331 e. The van der Waals surface area contributed by atoms with E-state index in [4.69, 9.17) is 18.9 Å². The number of methoxy groups -OCH3 is 1. The zero-order chi connectivity index (χ0) is 27.7. The van der Waals surface area contributed by atoms with Gasteiger partial charge < -0.3 is 39.1 Å². The molecule has 39 heavy (non-hydrogen) atoms. The molecule has 0 spiro atoms. The summed E-state index contributed by atoms with van der Waals surface area (Å²) in [6.45, 7) is 4.25. The van der Waals surface area contributed by atoms with Crippen molar-refractivity contribution in [2.24, 2.45) is 34.5 Å². The van der Waals surface area contributed by atoms with Gasteiger partial charge in [0.1, 0.15) is 31.2 Å². The van der Waals surface area contributed by atoms with E-state index in [2.05, 4.69) is 6.92 Å². The molecule has 0 aromatic carbocycles. The number of carbonyl (C=O) groups is 2. The minimum absolute atomic E-state index is 0.0482. The maximum absolute atomic E-state index is 13.0. The number of aliphatic hydroxyl groups is 3. The van der Waals surface area contributed by atoms with E-state index in [0.717, 1.165) is 37.7 Å². The molecule has 5 fully saturated rings. The van der Waals surface area contributed by atoms with E-state index in [1.54, 1.807) is 13.0 Å². The largest absolute Gasteiger partial charge is 0.458 e. The SMILES string of the molecule is CO[C@@H]1[C@@H](O)[C@@H](O[C@H]2CC[C@@]3(C=O)[C@H](CC[C@H]4[C@@H]3CC[C@@]3(C)[C@H](C5=CC(=O)OC5)CC[C@]43O)C2)O[C@H](C)[C@H]1O. The van der Waals surface area contributed by atoms with E-state index in [9.17, 15) is 24.9 Å². The van der Waals surface area contributed by atoms with Crippen molar-refractivity contribution in [2.45, 2.75) is 114 Å². The second-order valence-corrected chi connectivity index (χ2v) is 13.4. The third-order valence-corrected chi connectivity index (χ3v) is 12.1. The van der Waals surface area contributed by atoms with Gasteiger partial charge in [-0.1, -0.05) is 6.92 Å². The topological polar surface area (TPSA) is 132 Å². The number of aliphatic hydroxyl groups excluding tert-OH is 2. The summed E-state index contributed by atoms with van der Waals surface area (Å²) in [6, 6.07) is 0. The fraction of sp³-hybridized carbons (Fsp3) is 0.867. The number of esters is 1. The highest BCUT2D eigenvalue weighted by molar-refractivity contribution is 5.85. The number of rotatable bonds is 5. The van der Waals surface area contributed by atoms with Gasteiger partial charge in [0, 0.05) is 24.0 Å². The van der Waals surface area contributed by atoms with Crippen LogP contribution in [0, 0.1) is 34.5 Å². The lowest BCUT2D eigenvalue weighted by Gasteiger charge is -2.63. The Hall–Kier alpha value is -1.36. The van der Waals surface area contributed by atoms with Crippen molar-refractivity contribution in [3.05, 3.63) is 11.6 Å². The minimum Gasteiger partial charge on any atom is -0.458 e. The zero-order valence-corrected chi connectivity index (χ0v) is 23.3. The second kappa shape index (κ2) is 9.88. The Morgan fingerprint density at radius 3 is 2.54 bits per heavy atom. The van der Waals surface area contributed by atoms with Crippen LogP contribution in [0.15, 0.2) is 11.6 Å². The van der Waals surface area contributed by atoms with E-state index < -0.39 is 41.7 Å². The van der Waals surface area contributed by atoms with Crippen LogP contribution in [0.5, 0.6) is 0 Å². The zero-order valence-electron chi connectivity index (χ0n) is 23.3. The van der Waals surface area contributed by atoms with Crippen molar-refractivity contribution in [1.29, 1.82) is 0 Å². The number of hydrogen-bond acceptors (Lipinski definition) is 9. The molecule has 6 aliphatic rings. The van der Waals surface area contributed by atoms with Crippen molar-refractivity contribution >= 4 is 12.3 Å². The number of cyclic esters (lactones) is 1. The van der Waals surface area contributed by atoms with Gasteiger partial charge in [0.15, 0.2) is 6.29 Å². The highest BCUT2D eigenvalue weighted by atomic mass is 16.7. The third-order valence-electron chi connectivity index (χ3n) is 12.1. The second-order valence-electron chi connectivity index (χ2n) is 13.4. The van der Waals surface area contributed by atoms with Crippen LogP contribution < -0.4 is 0 Å². The molecule has 0 bridgehead atoms. The van der Waals surface area contributed by atoms with Crippen LogP contribution in [0.2, 0.25) is 0 Å². The molecule has 4 aliphatic carbocycles. The highest BCUT2D eigenvalue weighted by Gasteiger charge is 2.68. The summed E-state index contributed by atoms with van der Waals surface area (Å²) in [7, 11) is 1.46. The summed E-state index contributed by atoms with van der Waals surface area (Å²) in [4.78, 5) is 24.8. The van der Waals surface area contributed by atoms with Crippen LogP contribution in [0.1, 0.15) is 71.6 Å². The fourth-order valence-corrected chi connectivity index (χ4v) is 10.00. The Bertz CT molecular complexity index is 1010. The van der Waals surface area contributed by atoms with Crippen LogP contribution in [0.3, 0.4) is 0 Å². The molecule has 13 atom stereocenters. The smallest absolute Gasteiger partial charge is 0.331 e. The average Bonchev–Trinajstić information content (AvgIpc) is 3.47. The standard InChI is InChI=1S/C30H44O9/c1-16-24(33)26(36-3)25(34)27(38-16)39-19-6-10-29(15-31)18(13-19)4-5-22-21(29)7-9-28(2)20(8-11-30(22,28)35)17-12-23(32)37-14-17/h12,15-16,18-22,24-27,33-35H,4-11,13-14H2,1-3H3/t16-,18-,19+,20+,21+,22+,24-,25-,26+,27-,28+,29-,30+/m1/s1. The van der Waals surface area contributed by atoms with Crippen LogP contribution in [0.25, 0.3) is 0 Å². The summed E-state index contributed by atoms with van der Waals surface area (Å²) in [6.07, 6.45) is 5.39. The van der Waals surface area contributed by atoms with Crippen molar-refractivity contribution < 1.29 is 43.9 Å². The monoisotopic (exact) mass is 548 g/mol. The molecule has 218 valence electrons. The molecule has 0 aromatic rings. The molecule has 2 heterocycles. The van der Waals surface area contributed by atoms with Gasteiger partial charge in [0.05, 0.1) is 17.8 Å². The van der Waals surface area contributed by atoms with E-state index in [1.807, 2.05) is 0 Å². The molecule has 0 unspecified atom stereocenters. The van der Waals surface area contributed by atoms with E-state index in [1.165, 1.54) is 13.4 Å². The van der Waals surface area contributed by atoms with Gasteiger partial charge in [-0.25, -0.2) is 4.79 Å². The number of hydrogen-bond donors (Lipinski definition) is 3. The first-order chi connectivity index (χ1) is 18.6. The molecule has 6 rings (SSSR count). The average molecular weight is 549 g/mol. The number of ether oxygens (including phenoxy) is 4. The lowest BCUT2D eigenvalue weighted by Crippen LogP contribution is -2.63. The van der Waals surface area contributed by atoms with Gasteiger partial charge in [0.2, 0.25) is 0 Å². The molecule has 9 heteroatoms. The molecule has 1 saturated heterocycles. The van der Waals surface area contributed by atoms with Gasteiger partial charge in [-0.3, -0.25) is 0 Å².